The van der Waals surface area contributed by atoms with E-state index < -0.39 is 4.92 Å². The van der Waals surface area contributed by atoms with E-state index in [9.17, 15) is 14.9 Å². The van der Waals surface area contributed by atoms with Gasteiger partial charge in [0.15, 0.2) is 0 Å². The van der Waals surface area contributed by atoms with E-state index in [1.54, 1.807) is 20.1 Å². The number of rotatable bonds is 6. The van der Waals surface area contributed by atoms with Crippen molar-refractivity contribution in [2.75, 3.05) is 25.5 Å². The van der Waals surface area contributed by atoms with Crippen molar-refractivity contribution in [3.63, 3.8) is 0 Å². The van der Waals surface area contributed by atoms with Gasteiger partial charge in [0.05, 0.1) is 18.5 Å². The first-order valence-corrected chi connectivity index (χ1v) is 9.25. The van der Waals surface area contributed by atoms with Crippen molar-refractivity contribution < 1.29 is 14.5 Å². The number of para-hydroxylation sites is 1. The molecule has 1 aliphatic rings. The highest BCUT2D eigenvalue weighted by Crippen LogP contribution is 2.23. The first-order chi connectivity index (χ1) is 13.5. The minimum absolute atomic E-state index is 0.0160. The Bertz CT molecular complexity index is 863. The van der Waals surface area contributed by atoms with Gasteiger partial charge in [0, 0.05) is 30.3 Å². The Labute approximate surface area is 163 Å². The van der Waals surface area contributed by atoms with Crippen molar-refractivity contribution in [3.05, 3.63) is 57.8 Å². The number of anilines is 1. The van der Waals surface area contributed by atoms with Crippen LogP contribution in [0.4, 0.5) is 11.5 Å². The summed E-state index contributed by atoms with van der Waals surface area (Å²) in [6.07, 6.45) is 3.21. The zero-order valence-corrected chi connectivity index (χ0v) is 16.1. The molecule has 1 saturated heterocycles. The number of piperidine rings is 1. The van der Waals surface area contributed by atoms with Crippen molar-refractivity contribution in [2.45, 2.75) is 32.2 Å². The summed E-state index contributed by atoms with van der Waals surface area (Å²) < 4.78 is 5.32. The zero-order chi connectivity index (χ0) is 20.1. The molecule has 1 N–H and O–H groups in total. The van der Waals surface area contributed by atoms with Gasteiger partial charge in [-0.2, -0.15) is 0 Å². The average Bonchev–Trinajstić information content (AvgIpc) is 2.68. The lowest BCUT2D eigenvalue weighted by atomic mass is 10.0. The quantitative estimate of drug-likeness (QED) is 0.607. The van der Waals surface area contributed by atoms with E-state index in [1.165, 1.54) is 6.20 Å². The summed E-state index contributed by atoms with van der Waals surface area (Å²) in [7, 11) is 1.61. The number of nitrogens with one attached hydrogen (secondary N) is 1. The van der Waals surface area contributed by atoms with Crippen LogP contribution in [0.2, 0.25) is 0 Å². The normalized spacial score (nSPS) is 14.6. The number of carbonyl (C=O) groups excluding carboxylic acids is 1. The summed E-state index contributed by atoms with van der Waals surface area (Å²) >= 11 is 0. The van der Waals surface area contributed by atoms with Crippen molar-refractivity contribution in [2.24, 2.45) is 0 Å². The molecule has 0 saturated carbocycles. The molecule has 0 atom stereocenters. The molecule has 2 heterocycles. The molecular weight excluding hydrogens is 360 g/mol. The number of aryl methyl sites for hydroxylation is 1. The highest BCUT2D eigenvalue weighted by Gasteiger charge is 2.24. The van der Waals surface area contributed by atoms with Crippen LogP contribution in [0.3, 0.4) is 0 Å². The molecule has 1 aromatic heterocycles. The van der Waals surface area contributed by atoms with E-state index in [2.05, 4.69) is 10.3 Å². The van der Waals surface area contributed by atoms with E-state index in [-0.39, 0.29) is 17.6 Å². The van der Waals surface area contributed by atoms with Gasteiger partial charge >= 0.3 is 0 Å². The molecule has 1 aliphatic heterocycles. The molecule has 1 fully saturated rings. The highest BCUT2D eigenvalue weighted by atomic mass is 16.6. The lowest BCUT2D eigenvalue weighted by molar-refractivity contribution is -0.385. The minimum atomic E-state index is -0.433. The molecule has 0 unspecified atom stereocenters. The van der Waals surface area contributed by atoms with Gasteiger partial charge in [-0.15, -0.1) is 0 Å². The Kier molecular flexibility index (Phi) is 6.08. The number of benzene rings is 1. The summed E-state index contributed by atoms with van der Waals surface area (Å²) in [5.41, 5.74) is 1.48. The van der Waals surface area contributed by atoms with Gasteiger partial charge in [-0.1, -0.05) is 18.2 Å². The third-order valence-corrected chi connectivity index (χ3v) is 5.01. The van der Waals surface area contributed by atoms with Gasteiger partial charge in [0.2, 0.25) is 5.91 Å². The molecule has 0 spiro atoms. The number of carbonyl (C=O) groups is 1. The van der Waals surface area contributed by atoms with Crippen LogP contribution in [-0.4, -0.2) is 47.0 Å². The Morgan fingerprint density at radius 2 is 2.07 bits per heavy atom. The second kappa shape index (κ2) is 8.69. The summed E-state index contributed by atoms with van der Waals surface area (Å²) in [5, 5.41) is 14.2. The molecule has 0 radical (unpaired) electrons. The molecule has 0 bridgehead atoms. The van der Waals surface area contributed by atoms with E-state index in [1.807, 2.05) is 29.2 Å². The standard InChI is InChI=1S/C20H24N4O4/c1-14-11-19(21-13-17(14)24(26)27)22-16-7-9-23(10-8-16)20(25)12-15-5-3-4-6-18(15)28-2/h3-6,11,13,16H,7-10,12H2,1-2H3,(H,21,22). The van der Waals surface area contributed by atoms with E-state index >= 15 is 0 Å². The lowest BCUT2D eigenvalue weighted by Crippen LogP contribution is -2.43. The van der Waals surface area contributed by atoms with Gasteiger partial charge in [0.1, 0.15) is 17.8 Å². The highest BCUT2D eigenvalue weighted by molar-refractivity contribution is 5.79. The number of pyridine rings is 1. The lowest BCUT2D eigenvalue weighted by Gasteiger charge is -2.33. The van der Waals surface area contributed by atoms with Crippen LogP contribution in [0.15, 0.2) is 36.5 Å². The SMILES string of the molecule is COc1ccccc1CC(=O)N1CCC(Nc2cc(C)c([N+](=O)[O-])cn2)CC1. The Morgan fingerprint density at radius 1 is 1.36 bits per heavy atom. The van der Waals surface area contributed by atoms with Crippen LogP contribution >= 0.6 is 0 Å². The van der Waals surface area contributed by atoms with Gasteiger partial charge in [-0.05, 0) is 31.9 Å². The molecule has 28 heavy (non-hydrogen) atoms. The van der Waals surface area contributed by atoms with E-state index in [0.717, 1.165) is 24.2 Å². The number of aromatic nitrogens is 1. The van der Waals surface area contributed by atoms with Crippen LogP contribution in [0.5, 0.6) is 5.75 Å². The second-order valence-electron chi connectivity index (χ2n) is 6.90. The Morgan fingerprint density at radius 3 is 2.71 bits per heavy atom. The predicted octanol–water partition coefficient (Wildman–Crippen LogP) is 2.95. The number of likely N-dealkylation sites (tertiary alicyclic amines) is 1. The fraction of sp³-hybridized carbons (Fsp3) is 0.400. The van der Waals surface area contributed by atoms with Gasteiger partial charge in [-0.3, -0.25) is 14.9 Å². The number of ether oxygens (including phenoxy) is 1. The molecule has 148 valence electrons. The predicted molar refractivity (Wildman–Crippen MR) is 106 cm³/mol. The first-order valence-electron chi connectivity index (χ1n) is 9.25. The molecule has 8 nitrogen and oxygen atoms in total. The molecular formula is C20H24N4O4. The molecule has 0 aliphatic carbocycles. The second-order valence-corrected chi connectivity index (χ2v) is 6.90. The molecule has 3 rings (SSSR count). The van der Waals surface area contributed by atoms with E-state index in [4.69, 9.17) is 4.74 Å². The number of methoxy groups -OCH3 is 1. The van der Waals surface area contributed by atoms with Crippen LogP contribution in [0.25, 0.3) is 0 Å². The maximum Gasteiger partial charge on any atom is 0.290 e. The maximum absolute atomic E-state index is 12.6. The van der Waals surface area contributed by atoms with Crippen LogP contribution < -0.4 is 10.1 Å². The van der Waals surface area contributed by atoms with Crippen molar-refractivity contribution >= 4 is 17.4 Å². The van der Waals surface area contributed by atoms with Crippen molar-refractivity contribution in [1.82, 2.24) is 9.88 Å². The smallest absolute Gasteiger partial charge is 0.290 e. The van der Waals surface area contributed by atoms with Gasteiger partial charge in [0.25, 0.3) is 5.69 Å². The Hall–Kier alpha value is -3.16. The monoisotopic (exact) mass is 384 g/mol. The fourth-order valence-electron chi connectivity index (χ4n) is 3.42. The van der Waals surface area contributed by atoms with Crippen molar-refractivity contribution in [3.8, 4) is 5.75 Å². The van der Waals surface area contributed by atoms with Crippen LogP contribution in [0.1, 0.15) is 24.0 Å². The molecule has 8 heteroatoms. The number of hydrogen-bond donors (Lipinski definition) is 1. The summed E-state index contributed by atoms with van der Waals surface area (Å²) in [5.74, 6) is 1.45. The first kappa shape index (κ1) is 19.6. The molecule has 1 amide bonds. The van der Waals surface area contributed by atoms with Gasteiger partial charge in [-0.25, -0.2) is 4.98 Å². The third kappa shape index (κ3) is 4.57. The van der Waals surface area contributed by atoms with Crippen molar-refractivity contribution in [1.29, 1.82) is 0 Å². The molecule has 2 aromatic rings. The summed E-state index contributed by atoms with van der Waals surface area (Å²) in [6.45, 7) is 3.03. The Balaban J connectivity index is 1.53. The molecule has 1 aromatic carbocycles. The number of amides is 1. The minimum Gasteiger partial charge on any atom is -0.496 e. The number of nitro groups is 1. The van der Waals surface area contributed by atoms with Crippen LogP contribution in [0, 0.1) is 17.0 Å². The number of nitrogens with zero attached hydrogens (tertiary/aromatic N) is 3. The summed E-state index contributed by atoms with van der Waals surface area (Å²) in [6, 6.07) is 9.44. The third-order valence-electron chi connectivity index (χ3n) is 5.01. The van der Waals surface area contributed by atoms with Gasteiger partial charge < -0.3 is 15.0 Å². The maximum atomic E-state index is 12.6. The van der Waals surface area contributed by atoms with Crippen LogP contribution in [-0.2, 0) is 11.2 Å². The fourth-order valence-corrected chi connectivity index (χ4v) is 3.42. The average molecular weight is 384 g/mol. The topological polar surface area (TPSA) is 97.6 Å². The van der Waals surface area contributed by atoms with E-state index in [0.29, 0.717) is 30.9 Å². The number of hydrogen-bond acceptors (Lipinski definition) is 6. The summed E-state index contributed by atoms with van der Waals surface area (Å²) in [4.78, 5) is 29.1. The largest absolute Gasteiger partial charge is 0.496 e. The zero-order valence-electron chi connectivity index (χ0n) is 16.1.